The Morgan fingerprint density at radius 3 is 2.50 bits per heavy atom. The molecular weight excluding hydrogens is 255 g/mol. The average Bonchev–Trinajstić information content (AvgIpc) is 2.27. The fourth-order valence-corrected chi connectivity index (χ4v) is 1.12. The first-order valence-electron chi connectivity index (χ1n) is 4.82. The summed E-state index contributed by atoms with van der Waals surface area (Å²) in [5.41, 5.74) is -2.07. The highest BCUT2D eigenvalue weighted by molar-refractivity contribution is 5.73. The number of nitrogens with zero attached hydrogens (tertiary/aromatic N) is 1. The second kappa shape index (κ2) is 5.03. The minimum atomic E-state index is -4.70. The van der Waals surface area contributed by atoms with Crippen LogP contribution in [-0.2, 0) is 11.0 Å². The zero-order valence-corrected chi connectivity index (χ0v) is 9.15. The van der Waals surface area contributed by atoms with Gasteiger partial charge in [-0.2, -0.15) is 13.2 Å². The Morgan fingerprint density at radius 2 is 2.06 bits per heavy atom. The smallest absolute Gasteiger partial charge is 0.416 e. The third-order valence-electron chi connectivity index (χ3n) is 2.00. The largest absolute Gasteiger partial charge is 0.419 e. The molecule has 0 aliphatic rings. The molecule has 8 heteroatoms. The van der Waals surface area contributed by atoms with E-state index in [1.165, 1.54) is 6.92 Å². The molecule has 0 unspecified atom stereocenters. The van der Waals surface area contributed by atoms with Gasteiger partial charge in [0.05, 0.1) is 10.5 Å². The first-order valence-corrected chi connectivity index (χ1v) is 4.82. The van der Waals surface area contributed by atoms with E-state index in [-0.39, 0.29) is 6.42 Å². The van der Waals surface area contributed by atoms with E-state index >= 15 is 0 Å². The van der Waals surface area contributed by atoms with Crippen LogP contribution in [0.4, 0.5) is 18.9 Å². The average molecular weight is 263 g/mol. The van der Waals surface area contributed by atoms with E-state index in [1.54, 1.807) is 0 Å². The summed E-state index contributed by atoms with van der Waals surface area (Å²) in [6.07, 6.45) is -4.74. The maximum absolute atomic E-state index is 12.4. The second-order valence-electron chi connectivity index (χ2n) is 3.26. The zero-order valence-electron chi connectivity index (χ0n) is 9.15. The first-order chi connectivity index (χ1) is 8.25. The van der Waals surface area contributed by atoms with Crippen LogP contribution in [0.3, 0.4) is 0 Å². The summed E-state index contributed by atoms with van der Waals surface area (Å²) in [5.74, 6) is -1.27. The molecule has 0 amide bonds. The van der Waals surface area contributed by atoms with Gasteiger partial charge < -0.3 is 4.74 Å². The molecule has 0 N–H and O–H groups in total. The number of nitro benzene ring substituents is 1. The quantitative estimate of drug-likeness (QED) is 0.364. The number of nitro groups is 1. The summed E-state index contributed by atoms with van der Waals surface area (Å²) in [5, 5.41) is 10.6. The van der Waals surface area contributed by atoms with Crippen LogP contribution in [0.15, 0.2) is 18.2 Å². The minimum Gasteiger partial charge on any atom is -0.419 e. The number of carbonyl (C=O) groups is 1. The van der Waals surface area contributed by atoms with Gasteiger partial charge >= 0.3 is 17.8 Å². The highest BCUT2D eigenvalue weighted by Crippen LogP contribution is 2.36. The van der Waals surface area contributed by atoms with Crippen molar-refractivity contribution < 1.29 is 27.6 Å². The number of hydrogen-bond donors (Lipinski definition) is 0. The van der Waals surface area contributed by atoms with E-state index in [2.05, 4.69) is 4.74 Å². The highest BCUT2D eigenvalue weighted by Gasteiger charge is 2.33. The van der Waals surface area contributed by atoms with E-state index in [9.17, 15) is 28.1 Å². The zero-order chi connectivity index (χ0) is 13.9. The van der Waals surface area contributed by atoms with Crippen molar-refractivity contribution >= 4 is 11.7 Å². The molecule has 0 bridgehead atoms. The molecule has 1 rings (SSSR count). The van der Waals surface area contributed by atoms with Crippen LogP contribution in [-0.4, -0.2) is 10.9 Å². The first kappa shape index (κ1) is 13.9. The van der Waals surface area contributed by atoms with Crippen molar-refractivity contribution in [1.29, 1.82) is 0 Å². The van der Waals surface area contributed by atoms with E-state index < -0.39 is 34.1 Å². The van der Waals surface area contributed by atoms with Crippen molar-refractivity contribution in [2.45, 2.75) is 19.5 Å². The van der Waals surface area contributed by atoms with Crippen LogP contribution in [0.5, 0.6) is 5.75 Å². The number of alkyl halides is 3. The van der Waals surface area contributed by atoms with E-state index in [0.717, 1.165) is 6.07 Å². The van der Waals surface area contributed by atoms with Crippen LogP contribution in [0, 0.1) is 10.1 Å². The summed E-state index contributed by atoms with van der Waals surface area (Å²) >= 11 is 0. The number of rotatable bonds is 3. The predicted octanol–water partition coefficient (Wildman–Crippen LogP) is 2.93. The van der Waals surface area contributed by atoms with Crippen molar-refractivity contribution in [3.05, 3.63) is 33.9 Å². The summed E-state index contributed by atoms with van der Waals surface area (Å²) in [6, 6.07) is 1.71. The molecule has 1 aromatic carbocycles. The molecule has 0 aliphatic carbocycles. The summed E-state index contributed by atoms with van der Waals surface area (Å²) in [4.78, 5) is 20.6. The molecule has 0 aliphatic heterocycles. The van der Waals surface area contributed by atoms with Gasteiger partial charge in [0.15, 0.2) is 0 Å². The minimum absolute atomic E-state index is 0.0435. The van der Waals surface area contributed by atoms with Crippen molar-refractivity contribution in [2.24, 2.45) is 0 Å². The van der Waals surface area contributed by atoms with Gasteiger partial charge in [0, 0.05) is 12.5 Å². The number of benzene rings is 1. The maximum atomic E-state index is 12.4. The summed E-state index contributed by atoms with van der Waals surface area (Å²) < 4.78 is 41.7. The summed E-state index contributed by atoms with van der Waals surface area (Å²) in [6.45, 7) is 1.46. The number of hydrogen-bond acceptors (Lipinski definition) is 4. The topological polar surface area (TPSA) is 69.4 Å². The van der Waals surface area contributed by atoms with Crippen LogP contribution >= 0.6 is 0 Å². The SMILES string of the molecule is CCC(=O)Oc1ccc(C(F)(F)F)cc1[N+](=O)[O-]. The van der Waals surface area contributed by atoms with Gasteiger partial charge in [-0.15, -0.1) is 0 Å². The Morgan fingerprint density at radius 1 is 1.44 bits per heavy atom. The normalized spacial score (nSPS) is 11.1. The molecule has 0 fully saturated rings. The lowest BCUT2D eigenvalue weighted by Gasteiger charge is -2.08. The lowest BCUT2D eigenvalue weighted by Crippen LogP contribution is -2.10. The predicted molar refractivity (Wildman–Crippen MR) is 54.0 cm³/mol. The third kappa shape index (κ3) is 3.19. The number of halogens is 3. The van der Waals surface area contributed by atoms with E-state index in [0.29, 0.717) is 12.1 Å². The number of ether oxygens (including phenoxy) is 1. The Balaban J connectivity index is 3.21. The lowest BCUT2D eigenvalue weighted by atomic mass is 10.2. The molecule has 98 valence electrons. The van der Waals surface area contributed by atoms with Crippen LogP contribution in [0.2, 0.25) is 0 Å². The lowest BCUT2D eigenvalue weighted by molar-refractivity contribution is -0.385. The standard InChI is InChI=1S/C10H8F3NO4/c1-2-9(15)18-8-4-3-6(10(11,12)13)5-7(8)14(16)17/h3-5H,2H2,1H3. The van der Waals surface area contributed by atoms with Crippen molar-refractivity contribution in [2.75, 3.05) is 0 Å². The van der Waals surface area contributed by atoms with E-state index in [4.69, 9.17) is 0 Å². The number of esters is 1. The molecule has 0 radical (unpaired) electrons. The summed E-state index contributed by atoms with van der Waals surface area (Å²) in [7, 11) is 0. The monoisotopic (exact) mass is 263 g/mol. The molecule has 0 atom stereocenters. The number of carbonyl (C=O) groups excluding carboxylic acids is 1. The van der Waals surface area contributed by atoms with E-state index in [1.807, 2.05) is 0 Å². The molecule has 1 aromatic rings. The Bertz CT molecular complexity index is 485. The highest BCUT2D eigenvalue weighted by atomic mass is 19.4. The van der Waals surface area contributed by atoms with Gasteiger partial charge in [0.25, 0.3) is 0 Å². The van der Waals surface area contributed by atoms with Gasteiger partial charge in [0.2, 0.25) is 5.75 Å². The molecule has 0 saturated carbocycles. The second-order valence-corrected chi connectivity index (χ2v) is 3.26. The maximum Gasteiger partial charge on any atom is 0.416 e. The fourth-order valence-electron chi connectivity index (χ4n) is 1.12. The van der Waals surface area contributed by atoms with Crippen LogP contribution in [0.25, 0.3) is 0 Å². The molecule has 0 heterocycles. The molecule has 0 aromatic heterocycles. The molecular formula is C10H8F3NO4. The van der Waals surface area contributed by atoms with Crippen molar-refractivity contribution in [3.8, 4) is 5.75 Å². The Labute approximate surface area is 99.3 Å². The van der Waals surface area contributed by atoms with Crippen LogP contribution < -0.4 is 4.74 Å². The van der Waals surface area contributed by atoms with Gasteiger partial charge in [-0.25, -0.2) is 0 Å². The van der Waals surface area contributed by atoms with Gasteiger partial charge in [-0.05, 0) is 12.1 Å². The van der Waals surface area contributed by atoms with Crippen LogP contribution in [0.1, 0.15) is 18.9 Å². The van der Waals surface area contributed by atoms with Gasteiger partial charge in [-0.1, -0.05) is 6.92 Å². The van der Waals surface area contributed by atoms with Gasteiger partial charge in [-0.3, -0.25) is 14.9 Å². The third-order valence-corrected chi connectivity index (χ3v) is 2.00. The van der Waals surface area contributed by atoms with Crippen molar-refractivity contribution in [3.63, 3.8) is 0 Å². The van der Waals surface area contributed by atoms with Gasteiger partial charge in [0.1, 0.15) is 0 Å². The molecule has 0 spiro atoms. The fraction of sp³-hybridized carbons (Fsp3) is 0.300. The van der Waals surface area contributed by atoms with Crippen molar-refractivity contribution in [1.82, 2.24) is 0 Å². The Kier molecular flexibility index (Phi) is 3.89. The Hall–Kier alpha value is -2.12. The molecule has 5 nitrogen and oxygen atoms in total. The molecule has 0 saturated heterocycles. The molecule has 18 heavy (non-hydrogen) atoms.